The fraction of sp³-hybridized carbons (Fsp3) is 0.444. The van der Waals surface area contributed by atoms with Crippen LogP contribution in [0.3, 0.4) is 0 Å². The second kappa shape index (κ2) is 6.86. The van der Waals surface area contributed by atoms with Gasteiger partial charge in [-0.1, -0.05) is 13.3 Å². The normalized spacial score (nSPS) is 11.5. The highest BCUT2D eigenvalue weighted by atomic mass is 16.4. The third kappa shape index (κ3) is 4.58. The van der Waals surface area contributed by atoms with Gasteiger partial charge in [-0.3, -0.25) is 4.79 Å². The number of carbonyl (C=O) groups excluding carboxylic acids is 1. The maximum Gasteiger partial charge on any atom is 0.349 e. The Morgan fingerprint density at radius 3 is 2.61 bits per heavy atom. The maximum atomic E-state index is 12.2. The third-order valence-electron chi connectivity index (χ3n) is 3.33. The predicted octanol–water partition coefficient (Wildman–Crippen LogP) is 3.53. The van der Waals surface area contributed by atoms with Gasteiger partial charge in [0.25, 0.3) is 5.91 Å². The molecule has 0 bridgehead atoms. The average Bonchev–Trinajstić information content (AvgIpc) is 2.44. The van der Waals surface area contributed by atoms with Crippen LogP contribution >= 0.6 is 0 Å². The third-order valence-corrected chi connectivity index (χ3v) is 3.33. The van der Waals surface area contributed by atoms with Crippen molar-refractivity contribution in [1.29, 1.82) is 0 Å². The topological polar surface area (TPSA) is 71.3 Å². The van der Waals surface area contributed by atoms with Gasteiger partial charge in [-0.05, 0) is 45.4 Å². The highest BCUT2D eigenvalue weighted by Crippen LogP contribution is 2.19. The summed E-state index contributed by atoms with van der Waals surface area (Å²) in [6, 6.07) is 7.14. The lowest BCUT2D eigenvalue weighted by molar-refractivity contribution is 0.0916. The van der Waals surface area contributed by atoms with E-state index in [0.29, 0.717) is 5.58 Å². The van der Waals surface area contributed by atoms with Gasteiger partial charge in [0.1, 0.15) is 11.1 Å². The van der Waals surface area contributed by atoms with E-state index in [9.17, 15) is 9.59 Å². The fourth-order valence-corrected chi connectivity index (χ4v) is 2.20. The van der Waals surface area contributed by atoms with Crippen molar-refractivity contribution in [2.24, 2.45) is 0 Å². The number of rotatable bonds is 5. The Balaban J connectivity index is 2.30. The number of hydrogen-bond acceptors (Lipinski definition) is 4. The number of unbranched alkanes of at least 4 members (excludes halogenated alkanes) is 1. The number of carbonyl (C=O) groups is 1. The molecule has 1 aromatic carbocycles. The first kappa shape index (κ1) is 17.1. The lowest BCUT2D eigenvalue weighted by Crippen LogP contribution is -2.42. The predicted molar refractivity (Wildman–Crippen MR) is 93.1 cm³/mol. The summed E-state index contributed by atoms with van der Waals surface area (Å²) in [7, 11) is 0. The first-order valence-corrected chi connectivity index (χ1v) is 7.94. The molecule has 0 radical (unpaired) electrons. The van der Waals surface area contributed by atoms with E-state index in [1.165, 1.54) is 0 Å². The summed E-state index contributed by atoms with van der Waals surface area (Å²) in [5.41, 5.74) is 0.375. The molecule has 0 aliphatic heterocycles. The summed E-state index contributed by atoms with van der Waals surface area (Å²) in [4.78, 5) is 24.3. The van der Waals surface area contributed by atoms with Crippen molar-refractivity contribution in [3.63, 3.8) is 0 Å². The smallest absolute Gasteiger partial charge is 0.349 e. The highest BCUT2D eigenvalue weighted by Gasteiger charge is 2.19. The van der Waals surface area contributed by atoms with Gasteiger partial charge in [0, 0.05) is 29.2 Å². The van der Waals surface area contributed by atoms with Crippen molar-refractivity contribution in [3.8, 4) is 0 Å². The number of benzene rings is 1. The SMILES string of the molecule is CCCCNc1ccc2cc(C(=O)NC(C)(C)C)c(=O)oc2c1. The van der Waals surface area contributed by atoms with E-state index < -0.39 is 17.1 Å². The van der Waals surface area contributed by atoms with Crippen LogP contribution in [0.5, 0.6) is 0 Å². The van der Waals surface area contributed by atoms with Gasteiger partial charge in [0.15, 0.2) is 0 Å². The van der Waals surface area contributed by atoms with Crippen LogP contribution < -0.4 is 16.3 Å². The van der Waals surface area contributed by atoms with Crippen LogP contribution in [-0.2, 0) is 0 Å². The molecule has 5 nitrogen and oxygen atoms in total. The van der Waals surface area contributed by atoms with E-state index in [-0.39, 0.29) is 5.56 Å². The minimum atomic E-state index is -0.620. The van der Waals surface area contributed by atoms with Gasteiger partial charge >= 0.3 is 5.63 Å². The van der Waals surface area contributed by atoms with E-state index in [0.717, 1.165) is 30.5 Å². The molecule has 2 aromatic rings. The lowest BCUT2D eigenvalue weighted by Gasteiger charge is -2.20. The number of fused-ring (bicyclic) bond motifs is 1. The summed E-state index contributed by atoms with van der Waals surface area (Å²) < 4.78 is 5.32. The molecule has 0 atom stereocenters. The summed E-state index contributed by atoms with van der Waals surface area (Å²) in [5.74, 6) is -0.418. The summed E-state index contributed by atoms with van der Waals surface area (Å²) >= 11 is 0. The Kier molecular flexibility index (Phi) is 5.08. The molecule has 0 unspecified atom stereocenters. The van der Waals surface area contributed by atoms with Crippen LogP contribution in [-0.4, -0.2) is 18.0 Å². The molecule has 0 aliphatic rings. The largest absolute Gasteiger partial charge is 0.422 e. The molecule has 2 rings (SSSR count). The van der Waals surface area contributed by atoms with Crippen LogP contribution in [0.2, 0.25) is 0 Å². The maximum absolute atomic E-state index is 12.2. The summed E-state index contributed by atoms with van der Waals surface area (Å²) in [5, 5.41) is 6.79. The molecule has 0 fully saturated rings. The van der Waals surface area contributed by atoms with Crippen molar-refractivity contribution >= 4 is 22.6 Å². The molecule has 5 heteroatoms. The number of anilines is 1. The van der Waals surface area contributed by atoms with Gasteiger partial charge in [-0.25, -0.2) is 4.79 Å². The molecule has 23 heavy (non-hydrogen) atoms. The quantitative estimate of drug-likeness (QED) is 0.654. The van der Waals surface area contributed by atoms with Gasteiger partial charge in [-0.2, -0.15) is 0 Å². The Morgan fingerprint density at radius 2 is 1.96 bits per heavy atom. The second-order valence-corrected chi connectivity index (χ2v) is 6.68. The molecular weight excluding hydrogens is 292 g/mol. The standard InChI is InChI=1S/C18H24N2O3/c1-5-6-9-19-13-8-7-12-10-14(16(21)20-18(2,3)4)17(22)23-15(12)11-13/h7-8,10-11,19H,5-6,9H2,1-4H3,(H,20,21). The van der Waals surface area contributed by atoms with Gasteiger partial charge in [0.2, 0.25) is 0 Å². The second-order valence-electron chi connectivity index (χ2n) is 6.68. The van der Waals surface area contributed by atoms with Gasteiger partial charge < -0.3 is 15.1 Å². The number of amides is 1. The monoisotopic (exact) mass is 316 g/mol. The highest BCUT2D eigenvalue weighted by molar-refractivity contribution is 5.97. The first-order valence-electron chi connectivity index (χ1n) is 7.94. The molecule has 0 saturated carbocycles. The fourth-order valence-electron chi connectivity index (χ4n) is 2.20. The van der Waals surface area contributed by atoms with Crippen LogP contribution in [0.1, 0.15) is 50.9 Å². The Bertz CT molecular complexity index is 757. The molecule has 2 N–H and O–H groups in total. The van der Waals surface area contributed by atoms with Crippen molar-refractivity contribution in [3.05, 3.63) is 40.2 Å². The first-order chi connectivity index (χ1) is 10.8. The molecule has 0 saturated heterocycles. The van der Waals surface area contributed by atoms with Crippen LogP contribution in [0.4, 0.5) is 5.69 Å². The lowest BCUT2D eigenvalue weighted by atomic mass is 10.1. The van der Waals surface area contributed by atoms with Crippen LogP contribution in [0, 0.1) is 0 Å². The molecule has 0 spiro atoms. The zero-order valence-corrected chi connectivity index (χ0v) is 14.2. The Hall–Kier alpha value is -2.30. The van der Waals surface area contributed by atoms with Crippen molar-refractivity contribution < 1.29 is 9.21 Å². The number of nitrogens with one attached hydrogen (secondary N) is 2. The van der Waals surface area contributed by atoms with Crippen molar-refractivity contribution in [2.75, 3.05) is 11.9 Å². The van der Waals surface area contributed by atoms with E-state index in [2.05, 4.69) is 17.6 Å². The van der Waals surface area contributed by atoms with Gasteiger partial charge in [-0.15, -0.1) is 0 Å². The van der Waals surface area contributed by atoms with Crippen LogP contribution in [0.25, 0.3) is 11.0 Å². The summed E-state index contributed by atoms with van der Waals surface area (Å²) in [6.45, 7) is 8.59. The van der Waals surface area contributed by atoms with E-state index >= 15 is 0 Å². The minimum absolute atomic E-state index is 0.0270. The van der Waals surface area contributed by atoms with Crippen LogP contribution in [0.15, 0.2) is 33.5 Å². The zero-order chi connectivity index (χ0) is 17.0. The molecular formula is C18H24N2O3. The minimum Gasteiger partial charge on any atom is -0.422 e. The van der Waals surface area contributed by atoms with Crippen molar-refractivity contribution in [2.45, 2.75) is 46.1 Å². The van der Waals surface area contributed by atoms with E-state index in [4.69, 9.17) is 4.42 Å². The molecule has 0 aliphatic carbocycles. The van der Waals surface area contributed by atoms with Gasteiger partial charge in [0.05, 0.1) is 0 Å². The average molecular weight is 316 g/mol. The zero-order valence-electron chi connectivity index (χ0n) is 14.2. The van der Waals surface area contributed by atoms with E-state index in [1.807, 2.05) is 32.9 Å². The molecule has 1 amide bonds. The molecule has 1 aromatic heterocycles. The number of hydrogen-bond donors (Lipinski definition) is 2. The van der Waals surface area contributed by atoms with Crippen molar-refractivity contribution in [1.82, 2.24) is 5.32 Å². The Morgan fingerprint density at radius 1 is 1.22 bits per heavy atom. The molecule has 124 valence electrons. The summed E-state index contributed by atoms with van der Waals surface area (Å²) in [6.07, 6.45) is 2.19. The van der Waals surface area contributed by atoms with E-state index in [1.54, 1.807) is 12.1 Å². The Labute approximate surface area is 136 Å². The molecule has 1 heterocycles.